The topological polar surface area (TPSA) is 38.9 Å². The standard InChI is InChI=1S/C50H35N5/c1-4-16-36(17-5-1)43-22-10-13-25-46(43)55-49(37-18-6-2-7-19-37)51-52-50(55)38-28-30-40(31-29-38)53(39-20-8-3-9-21-39)41-32-34-42(35-33-41)54-47-26-14-11-23-44(47)45-24-12-15-27-48(45)54/h1-35H. The third-order valence-electron chi connectivity index (χ3n) is 10.3. The smallest absolute Gasteiger partial charge is 0.168 e. The van der Waals surface area contributed by atoms with E-state index in [0.29, 0.717) is 0 Å². The van der Waals surface area contributed by atoms with Crippen molar-refractivity contribution in [2.45, 2.75) is 0 Å². The predicted octanol–water partition coefficient (Wildman–Crippen LogP) is 12.8. The van der Waals surface area contributed by atoms with Gasteiger partial charge < -0.3 is 9.47 Å². The van der Waals surface area contributed by atoms with Gasteiger partial charge in [-0.2, -0.15) is 0 Å². The van der Waals surface area contributed by atoms with Crippen molar-refractivity contribution in [3.63, 3.8) is 0 Å². The van der Waals surface area contributed by atoms with Crippen molar-refractivity contribution in [2.75, 3.05) is 4.90 Å². The molecule has 0 aliphatic rings. The van der Waals surface area contributed by atoms with E-state index in [-0.39, 0.29) is 0 Å². The van der Waals surface area contributed by atoms with E-state index in [9.17, 15) is 0 Å². The van der Waals surface area contributed by atoms with Crippen LogP contribution in [0.25, 0.3) is 67.1 Å². The predicted molar refractivity (Wildman–Crippen MR) is 227 cm³/mol. The number of benzene rings is 8. The van der Waals surface area contributed by atoms with E-state index in [0.717, 1.165) is 62.3 Å². The molecule has 5 nitrogen and oxygen atoms in total. The fraction of sp³-hybridized carbons (Fsp3) is 0. The van der Waals surface area contributed by atoms with Crippen molar-refractivity contribution in [2.24, 2.45) is 0 Å². The van der Waals surface area contributed by atoms with Gasteiger partial charge in [0.05, 0.1) is 16.7 Å². The van der Waals surface area contributed by atoms with Crippen LogP contribution in [0, 0.1) is 0 Å². The highest BCUT2D eigenvalue weighted by atomic mass is 15.3. The molecule has 0 aliphatic carbocycles. The van der Waals surface area contributed by atoms with Gasteiger partial charge in [0.25, 0.3) is 0 Å². The molecule has 0 N–H and O–H groups in total. The molecule has 10 aromatic rings. The molecule has 0 aliphatic heterocycles. The molecule has 0 bridgehead atoms. The lowest BCUT2D eigenvalue weighted by molar-refractivity contribution is 1.07. The maximum Gasteiger partial charge on any atom is 0.168 e. The molecule has 0 radical (unpaired) electrons. The molecule has 0 atom stereocenters. The Morgan fingerprint density at radius 3 is 1.36 bits per heavy atom. The molecule has 5 heteroatoms. The summed E-state index contributed by atoms with van der Waals surface area (Å²) in [5.74, 6) is 1.56. The van der Waals surface area contributed by atoms with Crippen LogP contribution in [-0.4, -0.2) is 19.3 Å². The largest absolute Gasteiger partial charge is 0.311 e. The van der Waals surface area contributed by atoms with Crippen molar-refractivity contribution in [1.29, 1.82) is 0 Å². The van der Waals surface area contributed by atoms with Crippen LogP contribution in [0.3, 0.4) is 0 Å². The highest BCUT2D eigenvalue weighted by Gasteiger charge is 2.21. The van der Waals surface area contributed by atoms with Crippen LogP contribution in [-0.2, 0) is 0 Å². The van der Waals surface area contributed by atoms with Gasteiger partial charge in [0.15, 0.2) is 11.6 Å². The Hall–Kier alpha value is -7.50. The first-order valence-electron chi connectivity index (χ1n) is 18.5. The zero-order valence-corrected chi connectivity index (χ0v) is 29.9. The van der Waals surface area contributed by atoms with Gasteiger partial charge in [-0.05, 0) is 84.4 Å². The molecule has 0 unspecified atom stereocenters. The van der Waals surface area contributed by atoms with Crippen LogP contribution in [0.2, 0.25) is 0 Å². The van der Waals surface area contributed by atoms with Gasteiger partial charge in [0.2, 0.25) is 0 Å². The summed E-state index contributed by atoms with van der Waals surface area (Å²) >= 11 is 0. The van der Waals surface area contributed by atoms with Gasteiger partial charge in [-0.25, -0.2) is 0 Å². The van der Waals surface area contributed by atoms with Crippen molar-refractivity contribution in [3.05, 3.63) is 212 Å². The summed E-state index contributed by atoms with van der Waals surface area (Å²) < 4.78 is 4.54. The molecule has 2 aromatic heterocycles. The summed E-state index contributed by atoms with van der Waals surface area (Å²) in [6.45, 7) is 0. The van der Waals surface area contributed by atoms with Crippen molar-refractivity contribution in [3.8, 4) is 45.3 Å². The second-order valence-corrected chi connectivity index (χ2v) is 13.5. The van der Waals surface area contributed by atoms with Gasteiger partial charge >= 0.3 is 0 Å². The molecule has 0 saturated carbocycles. The van der Waals surface area contributed by atoms with Gasteiger partial charge in [-0.15, -0.1) is 10.2 Å². The van der Waals surface area contributed by atoms with Gasteiger partial charge in [-0.3, -0.25) is 4.57 Å². The van der Waals surface area contributed by atoms with Crippen molar-refractivity contribution in [1.82, 2.24) is 19.3 Å². The summed E-state index contributed by atoms with van der Waals surface area (Å²) in [5, 5.41) is 12.1. The Morgan fingerprint density at radius 2 is 0.764 bits per heavy atom. The lowest BCUT2D eigenvalue weighted by Crippen LogP contribution is -2.10. The Balaban J connectivity index is 1.07. The van der Waals surface area contributed by atoms with Crippen LogP contribution < -0.4 is 4.90 Å². The Morgan fingerprint density at radius 1 is 0.327 bits per heavy atom. The van der Waals surface area contributed by atoms with Crippen LogP contribution in [0.15, 0.2) is 212 Å². The Labute approximate surface area is 319 Å². The highest BCUT2D eigenvalue weighted by Crippen LogP contribution is 2.39. The van der Waals surface area contributed by atoms with Crippen molar-refractivity contribution >= 4 is 38.9 Å². The second kappa shape index (κ2) is 13.8. The molecular weight excluding hydrogens is 671 g/mol. The molecule has 0 spiro atoms. The molecular formula is C50H35N5. The van der Waals surface area contributed by atoms with E-state index < -0.39 is 0 Å². The van der Waals surface area contributed by atoms with E-state index in [1.807, 2.05) is 24.3 Å². The molecule has 0 fully saturated rings. The minimum absolute atomic E-state index is 0.774. The van der Waals surface area contributed by atoms with E-state index in [1.165, 1.54) is 21.8 Å². The zero-order chi connectivity index (χ0) is 36.6. The third kappa shape index (κ3) is 5.75. The van der Waals surface area contributed by atoms with Crippen LogP contribution in [0.1, 0.15) is 0 Å². The van der Waals surface area contributed by atoms with E-state index >= 15 is 0 Å². The Bertz CT molecular complexity index is 2840. The number of anilines is 3. The van der Waals surface area contributed by atoms with Crippen LogP contribution in [0.5, 0.6) is 0 Å². The van der Waals surface area contributed by atoms with Crippen LogP contribution >= 0.6 is 0 Å². The molecule has 2 heterocycles. The number of fused-ring (bicyclic) bond motifs is 3. The summed E-state index contributed by atoms with van der Waals surface area (Å²) in [6.07, 6.45) is 0. The normalized spacial score (nSPS) is 11.3. The summed E-state index contributed by atoms with van der Waals surface area (Å²) in [5.41, 5.74) is 11.9. The number of hydrogen-bond donors (Lipinski definition) is 0. The summed E-state index contributed by atoms with van der Waals surface area (Å²) in [4.78, 5) is 2.30. The first kappa shape index (κ1) is 32.2. The molecule has 0 amide bonds. The maximum atomic E-state index is 4.84. The number of aromatic nitrogens is 4. The van der Waals surface area contributed by atoms with Gasteiger partial charge in [0.1, 0.15) is 0 Å². The quantitative estimate of drug-likeness (QED) is 0.158. The second-order valence-electron chi connectivity index (χ2n) is 13.5. The zero-order valence-electron chi connectivity index (χ0n) is 29.9. The number of para-hydroxylation sites is 4. The lowest BCUT2D eigenvalue weighted by atomic mass is 10.0. The molecule has 260 valence electrons. The number of nitrogens with zero attached hydrogens (tertiary/aromatic N) is 5. The first-order chi connectivity index (χ1) is 27.3. The molecule has 55 heavy (non-hydrogen) atoms. The average Bonchev–Trinajstić information content (AvgIpc) is 3.86. The minimum Gasteiger partial charge on any atom is -0.311 e. The Kier molecular flexibility index (Phi) is 8.08. The lowest BCUT2D eigenvalue weighted by Gasteiger charge is -2.26. The summed E-state index contributed by atoms with van der Waals surface area (Å²) in [7, 11) is 0. The van der Waals surface area contributed by atoms with Gasteiger partial charge in [-0.1, -0.05) is 133 Å². The van der Waals surface area contributed by atoms with E-state index in [1.54, 1.807) is 0 Å². The molecule has 10 rings (SSSR count). The van der Waals surface area contributed by atoms with Crippen LogP contribution in [0.4, 0.5) is 17.1 Å². The highest BCUT2D eigenvalue weighted by molar-refractivity contribution is 6.09. The minimum atomic E-state index is 0.774. The van der Waals surface area contributed by atoms with E-state index in [4.69, 9.17) is 10.2 Å². The van der Waals surface area contributed by atoms with E-state index in [2.05, 4.69) is 202 Å². The monoisotopic (exact) mass is 705 g/mol. The van der Waals surface area contributed by atoms with Gasteiger partial charge in [0, 0.05) is 50.2 Å². The fourth-order valence-corrected chi connectivity index (χ4v) is 7.74. The molecule has 8 aromatic carbocycles. The third-order valence-corrected chi connectivity index (χ3v) is 10.3. The van der Waals surface area contributed by atoms with Crippen molar-refractivity contribution < 1.29 is 0 Å². The number of rotatable bonds is 8. The molecule has 0 saturated heterocycles. The average molecular weight is 706 g/mol. The first-order valence-corrected chi connectivity index (χ1v) is 18.5. The fourth-order valence-electron chi connectivity index (χ4n) is 7.74. The number of hydrogen-bond acceptors (Lipinski definition) is 3. The SMILES string of the molecule is c1ccc(-c2ccccc2-n2c(-c3ccccc3)nnc2-c2ccc(N(c3ccccc3)c3ccc(-n4c5ccccc5c5ccccc54)cc3)cc2)cc1. The summed E-state index contributed by atoms with van der Waals surface area (Å²) in [6, 6.07) is 74.5. The maximum absolute atomic E-state index is 4.84.